The average Bonchev–Trinajstić information content (AvgIpc) is 2.98. The van der Waals surface area contributed by atoms with Crippen LogP contribution in [0.3, 0.4) is 0 Å². The number of carboxylic acid groups (broad SMARTS) is 1. The van der Waals surface area contributed by atoms with Crippen LogP contribution >= 0.6 is 12.2 Å². The van der Waals surface area contributed by atoms with E-state index in [0.29, 0.717) is 15.9 Å². The quantitative estimate of drug-likeness (QED) is 0.575. The van der Waals surface area contributed by atoms with Crippen molar-refractivity contribution in [2.24, 2.45) is 0 Å². The number of carbonyl (C=O) groups is 1. The fraction of sp³-hybridized carbons (Fsp3) is 0.118. The van der Waals surface area contributed by atoms with Crippen molar-refractivity contribution in [3.63, 3.8) is 0 Å². The lowest BCUT2D eigenvalue weighted by atomic mass is 10.1. The summed E-state index contributed by atoms with van der Waals surface area (Å²) in [6, 6.07) is 12.3. The Morgan fingerprint density at radius 3 is 2.75 bits per heavy atom. The Labute approximate surface area is 140 Å². The van der Waals surface area contributed by atoms with Crippen molar-refractivity contribution in [1.29, 1.82) is 0 Å². The van der Waals surface area contributed by atoms with Crippen molar-refractivity contribution in [3.05, 3.63) is 52.8 Å². The number of hydrogen-bond donors (Lipinski definition) is 1. The number of rotatable bonds is 3. The lowest BCUT2D eigenvalue weighted by Gasteiger charge is -2.13. The second kappa shape index (κ2) is 5.38. The van der Waals surface area contributed by atoms with Gasteiger partial charge in [0, 0.05) is 5.39 Å². The number of alkyl halides is 1. The van der Waals surface area contributed by atoms with Gasteiger partial charge >= 0.3 is 5.97 Å². The molecule has 0 unspecified atom stereocenters. The molecule has 24 heavy (non-hydrogen) atoms. The number of carboxylic acids is 1. The Morgan fingerprint density at radius 1 is 1.21 bits per heavy atom. The van der Waals surface area contributed by atoms with Crippen molar-refractivity contribution in [2.75, 3.05) is 6.67 Å². The van der Waals surface area contributed by atoms with Gasteiger partial charge in [-0.1, -0.05) is 12.1 Å². The summed E-state index contributed by atoms with van der Waals surface area (Å²) >= 11 is 5.55. The van der Waals surface area contributed by atoms with E-state index in [4.69, 9.17) is 12.2 Å². The summed E-state index contributed by atoms with van der Waals surface area (Å²) in [5.74, 6) is -1.04. The summed E-state index contributed by atoms with van der Waals surface area (Å²) in [6.07, 6.45) is 0. The van der Waals surface area contributed by atoms with Crippen LogP contribution in [0.4, 0.5) is 4.39 Å². The third kappa shape index (κ3) is 2.01. The predicted octanol–water partition coefficient (Wildman–Crippen LogP) is 3.84. The average molecular weight is 341 g/mol. The van der Waals surface area contributed by atoms with E-state index in [0.717, 1.165) is 16.4 Å². The van der Waals surface area contributed by atoms with Crippen LogP contribution in [-0.4, -0.2) is 31.7 Å². The Hall–Kier alpha value is -2.80. The van der Waals surface area contributed by atoms with E-state index in [1.807, 2.05) is 28.7 Å². The second-order valence-corrected chi connectivity index (χ2v) is 5.78. The van der Waals surface area contributed by atoms with Gasteiger partial charge in [-0.3, -0.25) is 4.40 Å². The number of fused-ring (bicyclic) bond motifs is 5. The molecule has 0 spiro atoms. The van der Waals surface area contributed by atoms with Gasteiger partial charge < -0.3 is 9.67 Å². The van der Waals surface area contributed by atoms with Gasteiger partial charge in [0.1, 0.15) is 12.3 Å². The van der Waals surface area contributed by atoms with Gasteiger partial charge in [-0.05, 0) is 42.5 Å². The summed E-state index contributed by atoms with van der Waals surface area (Å²) in [6.45, 7) is -0.542. The minimum Gasteiger partial charge on any atom is -0.478 e. The van der Waals surface area contributed by atoms with Gasteiger partial charge in [0.25, 0.3) is 0 Å². The van der Waals surface area contributed by atoms with E-state index in [9.17, 15) is 14.3 Å². The largest absolute Gasteiger partial charge is 0.478 e. The first kappa shape index (κ1) is 14.8. The molecule has 0 bridgehead atoms. The molecule has 0 aliphatic rings. The number of aromatic carboxylic acids is 1. The summed E-state index contributed by atoms with van der Waals surface area (Å²) in [5.41, 5.74) is 2.97. The Bertz CT molecular complexity index is 1180. The fourth-order valence-electron chi connectivity index (χ4n) is 3.00. The molecule has 0 amide bonds. The van der Waals surface area contributed by atoms with Crippen molar-refractivity contribution in [3.8, 4) is 0 Å². The molecular weight excluding hydrogens is 329 g/mol. The zero-order valence-electron chi connectivity index (χ0n) is 12.4. The highest BCUT2D eigenvalue weighted by Crippen LogP contribution is 2.26. The maximum absolute atomic E-state index is 13.1. The molecule has 0 atom stereocenters. The van der Waals surface area contributed by atoms with Gasteiger partial charge in [0.15, 0.2) is 4.77 Å². The number of imidazole rings is 1. The molecule has 2 heterocycles. The van der Waals surface area contributed by atoms with Crippen LogP contribution in [0.1, 0.15) is 10.4 Å². The number of nitrogens with zero attached hydrogens (tertiary/aromatic N) is 3. The van der Waals surface area contributed by atoms with E-state index in [2.05, 4.69) is 4.98 Å². The topological polar surface area (TPSA) is 59.5 Å². The first-order valence-corrected chi connectivity index (χ1v) is 7.75. The van der Waals surface area contributed by atoms with Crippen molar-refractivity contribution in [2.45, 2.75) is 6.54 Å². The smallest absolute Gasteiger partial charge is 0.335 e. The molecule has 5 nitrogen and oxygen atoms in total. The van der Waals surface area contributed by atoms with Gasteiger partial charge in [0.05, 0.1) is 28.7 Å². The summed E-state index contributed by atoms with van der Waals surface area (Å²) in [7, 11) is 0. The van der Waals surface area contributed by atoms with Gasteiger partial charge in [-0.2, -0.15) is 0 Å². The first-order chi connectivity index (χ1) is 11.6. The Kier molecular flexibility index (Phi) is 3.31. The normalized spacial score (nSPS) is 11.5. The van der Waals surface area contributed by atoms with Crippen LogP contribution in [0, 0.1) is 4.77 Å². The molecule has 2 aromatic carbocycles. The highest BCUT2D eigenvalue weighted by molar-refractivity contribution is 7.71. The van der Waals surface area contributed by atoms with Crippen LogP contribution in [0.5, 0.6) is 0 Å². The maximum atomic E-state index is 13.1. The highest BCUT2D eigenvalue weighted by Gasteiger charge is 2.15. The first-order valence-electron chi connectivity index (χ1n) is 7.35. The molecule has 0 fully saturated rings. The number of aromatic nitrogens is 3. The van der Waals surface area contributed by atoms with Gasteiger partial charge in [-0.25, -0.2) is 14.2 Å². The Morgan fingerprint density at radius 2 is 2.00 bits per heavy atom. The van der Waals surface area contributed by atoms with Crippen LogP contribution in [0.15, 0.2) is 42.5 Å². The van der Waals surface area contributed by atoms with E-state index < -0.39 is 12.6 Å². The monoisotopic (exact) mass is 341 g/mol. The van der Waals surface area contributed by atoms with Crippen molar-refractivity contribution >= 4 is 45.8 Å². The second-order valence-electron chi connectivity index (χ2n) is 5.42. The molecule has 4 aromatic rings. The molecule has 4 rings (SSSR count). The lowest BCUT2D eigenvalue weighted by Crippen LogP contribution is -2.09. The zero-order valence-corrected chi connectivity index (χ0v) is 13.3. The minimum absolute atomic E-state index is 0.0564. The van der Waals surface area contributed by atoms with Crippen LogP contribution in [-0.2, 0) is 6.54 Å². The van der Waals surface area contributed by atoms with Crippen molar-refractivity contribution < 1.29 is 14.3 Å². The fourth-order valence-corrected chi connectivity index (χ4v) is 3.38. The summed E-state index contributed by atoms with van der Waals surface area (Å²) < 4.78 is 16.9. The third-order valence-corrected chi connectivity index (χ3v) is 4.47. The number of para-hydroxylation sites is 2. The molecular formula is C17H12FN3O2S. The number of halogens is 1. The molecule has 2 aromatic heterocycles. The number of hydrogen-bond acceptors (Lipinski definition) is 3. The molecule has 0 saturated carbocycles. The van der Waals surface area contributed by atoms with Crippen LogP contribution in [0.25, 0.3) is 27.6 Å². The van der Waals surface area contributed by atoms with E-state index in [-0.39, 0.29) is 12.1 Å². The minimum atomic E-state index is -1.04. The highest BCUT2D eigenvalue weighted by atomic mass is 32.1. The standard InChI is InChI=1S/C17H12FN3O2S/c18-7-8-20-14-9-10(16(22)23)5-6-11(14)15-19-12-3-1-2-4-13(12)21(15)17(20)24/h1-6,9H,7-8H2,(H,22,23). The number of benzene rings is 2. The van der Waals surface area contributed by atoms with Gasteiger partial charge in [0.2, 0.25) is 0 Å². The SMILES string of the molecule is O=C(O)c1ccc2c(c1)n(CCF)c(=S)n1c3ccccc3nc21. The number of aryl methyl sites for hydroxylation is 1. The van der Waals surface area contributed by atoms with Crippen molar-refractivity contribution in [1.82, 2.24) is 14.0 Å². The molecule has 0 saturated heterocycles. The summed E-state index contributed by atoms with van der Waals surface area (Å²) in [4.78, 5) is 15.9. The zero-order chi connectivity index (χ0) is 16.8. The van der Waals surface area contributed by atoms with Gasteiger partial charge in [-0.15, -0.1) is 0 Å². The Balaban J connectivity index is 2.26. The lowest BCUT2D eigenvalue weighted by molar-refractivity contribution is 0.0697. The molecule has 0 aliphatic heterocycles. The third-order valence-electron chi connectivity index (χ3n) is 4.07. The predicted molar refractivity (Wildman–Crippen MR) is 92.0 cm³/mol. The van der Waals surface area contributed by atoms with E-state index in [1.165, 1.54) is 12.1 Å². The molecule has 120 valence electrons. The van der Waals surface area contributed by atoms with Crippen LogP contribution < -0.4 is 0 Å². The molecule has 0 aliphatic carbocycles. The van der Waals surface area contributed by atoms with E-state index in [1.54, 1.807) is 10.6 Å². The maximum Gasteiger partial charge on any atom is 0.335 e. The molecule has 7 heteroatoms. The summed E-state index contributed by atoms with van der Waals surface area (Å²) in [5, 5.41) is 9.97. The molecule has 1 N–H and O–H groups in total. The van der Waals surface area contributed by atoms with E-state index >= 15 is 0 Å². The van der Waals surface area contributed by atoms with Crippen LogP contribution in [0.2, 0.25) is 0 Å². The molecule has 0 radical (unpaired) electrons.